The summed E-state index contributed by atoms with van der Waals surface area (Å²) in [5.74, 6) is -1.04. The van der Waals surface area contributed by atoms with Crippen LogP contribution in [0, 0.1) is 11.7 Å². The van der Waals surface area contributed by atoms with Crippen molar-refractivity contribution >= 4 is 17.7 Å². The molecule has 0 aliphatic heterocycles. The molecular weight excluding hydrogens is 337 g/mol. The van der Waals surface area contributed by atoms with E-state index in [4.69, 9.17) is 5.11 Å². The SMILES string of the molecule is O=C(O)C1CCC(NCc2ccc(Sc3ccc(F)cc3)cc2)CC1. The summed E-state index contributed by atoms with van der Waals surface area (Å²) in [6.45, 7) is 0.796. The number of rotatable bonds is 6. The van der Waals surface area contributed by atoms with E-state index in [2.05, 4.69) is 29.6 Å². The summed E-state index contributed by atoms with van der Waals surface area (Å²) in [7, 11) is 0. The van der Waals surface area contributed by atoms with Crippen LogP contribution in [0.2, 0.25) is 0 Å². The maximum atomic E-state index is 12.9. The van der Waals surface area contributed by atoms with Gasteiger partial charge in [-0.1, -0.05) is 23.9 Å². The summed E-state index contributed by atoms with van der Waals surface area (Å²) in [5, 5.41) is 12.6. The van der Waals surface area contributed by atoms with Crippen molar-refractivity contribution in [3.05, 3.63) is 59.9 Å². The van der Waals surface area contributed by atoms with E-state index in [-0.39, 0.29) is 11.7 Å². The van der Waals surface area contributed by atoms with Gasteiger partial charge in [-0.2, -0.15) is 0 Å². The normalized spacial score (nSPS) is 20.4. The second-order valence-electron chi connectivity index (χ2n) is 6.47. The summed E-state index contributed by atoms with van der Waals surface area (Å²) < 4.78 is 12.9. The Bertz CT molecular complexity index is 695. The number of hydrogen-bond donors (Lipinski definition) is 2. The third-order valence-corrected chi connectivity index (χ3v) is 5.66. The highest BCUT2D eigenvalue weighted by atomic mass is 32.2. The van der Waals surface area contributed by atoms with Crippen LogP contribution in [0.4, 0.5) is 4.39 Å². The molecule has 0 saturated heterocycles. The molecule has 2 N–H and O–H groups in total. The monoisotopic (exact) mass is 359 g/mol. The number of hydrogen-bond acceptors (Lipinski definition) is 3. The zero-order valence-electron chi connectivity index (χ0n) is 14.0. The molecule has 0 radical (unpaired) electrons. The number of benzene rings is 2. The quantitative estimate of drug-likeness (QED) is 0.784. The molecule has 3 nitrogen and oxygen atoms in total. The highest BCUT2D eigenvalue weighted by Gasteiger charge is 2.25. The van der Waals surface area contributed by atoms with E-state index in [9.17, 15) is 9.18 Å². The van der Waals surface area contributed by atoms with Crippen molar-refractivity contribution < 1.29 is 14.3 Å². The predicted molar refractivity (Wildman–Crippen MR) is 97.2 cm³/mol. The van der Waals surface area contributed by atoms with E-state index in [0.717, 1.165) is 42.0 Å². The van der Waals surface area contributed by atoms with Crippen LogP contribution >= 0.6 is 11.8 Å². The summed E-state index contributed by atoms with van der Waals surface area (Å²) in [4.78, 5) is 13.1. The van der Waals surface area contributed by atoms with Gasteiger partial charge in [0.2, 0.25) is 0 Å². The third kappa shape index (κ3) is 5.31. The van der Waals surface area contributed by atoms with Crippen molar-refractivity contribution in [1.29, 1.82) is 0 Å². The zero-order chi connectivity index (χ0) is 17.6. The molecule has 0 atom stereocenters. The number of aliphatic carboxylic acids is 1. The summed E-state index contributed by atoms with van der Waals surface area (Å²) in [5.41, 5.74) is 1.21. The van der Waals surface area contributed by atoms with Crippen LogP contribution in [-0.4, -0.2) is 17.1 Å². The summed E-state index contributed by atoms with van der Waals surface area (Å²) in [6, 6.07) is 15.3. The Balaban J connectivity index is 1.46. The van der Waals surface area contributed by atoms with Crippen molar-refractivity contribution in [2.24, 2.45) is 5.92 Å². The molecule has 5 heteroatoms. The van der Waals surface area contributed by atoms with Gasteiger partial charge < -0.3 is 10.4 Å². The molecule has 1 fully saturated rings. The highest BCUT2D eigenvalue weighted by molar-refractivity contribution is 7.99. The molecule has 0 heterocycles. The van der Waals surface area contributed by atoms with Crippen molar-refractivity contribution in [3.8, 4) is 0 Å². The first-order valence-electron chi connectivity index (χ1n) is 8.59. The molecule has 1 saturated carbocycles. The third-order valence-electron chi connectivity index (χ3n) is 4.64. The molecule has 2 aromatic rings. The number of carboxylic acid groups (broad SMARTS) is 1. The van der Waals surface area contributed by atoms with Crippen molar-refractivity contribution in [2.75, 3.05) is 0 Å². The van der Waals surface area contributed by atoms with Crippen LogP contribution in [-0.2, 0) is 11.3 Å². The van der Waals surface area contributed by atoms with E-state index in [0.29, 0.717) is 6.04 Å². The highest BCUT2D eigenvalue weighted by Crippen LogP contribution is 2.28. The second-order valence-corrected chi connectivity index (χ2v) is 7.61. The molecule has 0 spiro atoms. The Labute approximate surface area is 151 Å². The maximum Gasteiger partial charge on any atom is 0.306 e. The Morgan fingerprint density at radius 2 is 1.56 bits per heavy atom. The van der Waals surface area contributed by atoms with Crippen LogP contribution in [0.1, 0.15) is 31.2 Å². The van der Waals surface area contributed by atoms with Crippen molar-refractivity contribution in [1.82, 2.24) is 5.32 Å². The van der Waals surface area contributed by atoms with Gasteiger partial charge in [0.15, 0.2) is 0 Å². The van der Waals surface area contributed by atoms with Crippen LogP contribution in [0.3, 0.4) is 0 Å². The van der Waals surface area contributed by atoms with Gasteiger partial charge in [0, 0.05) is 22.4 Å². The Morgan fingerprint density at radius 1 is 1.00 bits per heavy atom. The van der Waals surface area contributed by atoms with Gasteiger partial charge in [0.05, 0.1) is 5.92 Å². The van der Waals surface area contributed by atoms with E-state index in [1.165, 1.54) is 17.7 Å². The number of nitrogens with one attached hydrogen (secondary N) is 1. The van der Waals surface area contributed by atoms with Gasteiger partial charge in [0.25, 0.3) is 0 Å². The van der Waals surface area contributed by atoms with Crippen LogP contribution in [0.15, 0.2) is 58.3 Å². The second kappa shape index (κ2) is 8.50. The number of carbonyl (C=O) groups is 1. The van der Waals surface area contributed by atoms with Gasteiger partial charge in [-0.3, -0.25) is 4.79 Å². The molecule has 1 aliphatic rings. The summed E-state index contributed by atoms with van der Waals surface area (Å²) in [6.07, 6.45) is 3.38. The largest absolute Gasteiger partial charge is 0.481 e. The Morgan fingerprint density at radius 3 is 2.12 bits per heavy atom. The lowest BCUT2D eigenvalue weighted by Gasteiger charge is -2.27. The first-order valence-corrected chi connectivity index (χ1v) is 9.40. The molecule has 0 amide bonds. The molecular formula is C20H22FNO2S. The van der Waals surface area contributed by atoms with E-state index in [1.54, 1.807) is 23.9 Å². The number of halogens is 1. The lowest BCUT2D eigenvalue weighted by molar-refractivity contribution is -0.142. The number of carboxylic acids is 1. The fourth-order valence-corrected chi connectivity index (χ4v) is 3.94. The minimum Gasteiger partial charge on any atom is -0.481 e. The van der Waals surface area contributed by atoms with E-state index >= 15 is 0 Å². The lowest BCUT2D eigenvalue weighted by Crippen LogP contribution is -2.34. The van der Waals surface area contributed by atoms with Crippen molar-refractivity contribution in [2.45, 2.75) is 48.1 Å². The molecule has 0 aromatic heterocycles. The van der Waals surface area contributed by atoms with E-state index < -0.39 is 5.97 Å². The standard InChI is InChI=1S/C20H22FNO2S/c21-16-5-11-19(12-6-16)25-18-9-1-14(2-10-18)13-22-17-7-3-15(4-8-17)20(23)24/h1-2,5-6,9-12,15,17,22H,3-4,7-8,13H2,(H,23,24). The first-order chi connectivity index (χ1) is 12.1. The maximum absolute atomic E-state index is 12.9. The fourth-order valence-electron chi connectivity index (χ4n) is 3.12. The Hall–Kier alpha value is -1.85. The molecule has 25 heavy (non-hydrogen) atoms. The van der Waals surface area contributed by atoms with Crippen LogP contribution < -0.4 is 5.32 Å². The van der Waals surface area contributed by atoms with E-state index in [1.807, 2.05) is 0 Å². The molecule has 0 bridgehead atoms. The zero-order valence-corrected chi connectivity index (χ0v) is 14.8. The molecule has 1 aliphatic carbocycles. The first kappa shape index (κ1) is 18.0. The van der Waals surface area contributed by atoms with Crippen LogP contribution in [0.5, 0.6) is 0 Å². The Kier molecular flexibility index (Phi) is 6.10. The molecule has 0 unspecified atom stereocenters. The lowest BCUT2D eigenvalue weighted by atomic mass is 9.86. The van der Waals surface area contributed by atoms with Crippen molar-refractivity contribution in [3.63, 3.8) is 0 Å². The molecule has 3 rings (SSSR count). The van der Waals surface area contributed by atoms with Gasteiger partial charge in [-0.05, 0) is 67.6 Å². The van der Waals surface area contributed by atoms with Gasteiger partial charge in [-0.15, -0.1) is 0 Å². The van der Waals surface area contributed by atoms with Crippen LogP contribution in [0.25, 0.3) is 0 Å². The average Bonchev–Trinajstić information content (AvgIpc) is 2.63. The van der Waals surface area contributed by atoms with Gasteiger partial charge >= 0.3 is 5.97 Å². The fraction of sp³-hybridized carbons (Fsp3) is 0.350. The summed E-state index contributed by atoms with van der Waals surface area (Å²) >= 11 is 1.61. The van der Waals surface area contributed by atoms with Gasteiger partial charge in [-0.25, -0.2) is 4.39 Å². The van der Waals surface area contributed by atoms with Gasteiger partial charge in [0.1, 0.15) is 5.82 Å². The average molecular weight is 359 g/mol. The molecule has 2 aromatic carbocycles. The minimum atomic E-state index is -0.660. The minimum absolute atomic E-state index is 0.166. The smallest absolute Gasteiger partial charge is 0.306 e. The topological polar surface area (TPSA) is 49.3 Å². The predicted octanol–water partition coefficient (Wildman–Crippen LogP) is 4.71. The molecule has 132 valence electrons.